The zero-order chi connectivity index (χ0) is 9.68. The van der Waals surface area contributed by atoms with E-state index in [1.807, 2.05) is 0 Å². The first-order chi connectivity index (χ1) is 6.24. The van der Waals surface area contributed by atoms with Crippen molar-refractivity contribution in [3.8, 4) is 0 Å². The van der Waals surface area contributed by atoms with Crippen molar-refractivity contribution < 1.29 is 9.90 Å². The second-order valence-electron chi connectivity index (χ2n) is 3.79. The van der Waals surface area contributed by atoms with Gasteiger partial charge in [0.25, 0.3) is 0 Å². The van der Waals surface area contributed by atoms with Crippen molar-refractivity contribution in [2.45, 2.75) is 39.0 Å². The maximum Gasteiger partial charge on any atom is 0.306 e. The Morgan fingerprint density at radius 1 is 1.38 bits per heavy atom. The smallest absolute Gasteiger partial charge is 0.306 e. The minimum atomic E-state index is -0.613. The molecular weight excluding hydrogens is 164 g/mol. The molecule has 0 aromatic heterocycles. The number of aliphatic carboxylic acids is 1. The van der Waals surface area contributed by atoms with Gasteiger partial charge in [0, 0.05) is 0 Å². The van der Waals surface area contributed by atoms with Crippen LogP contribution in [0.5, 0.6) is 0 Å². The van der Waals surface area contributed by atoms with Crippen LogP contribution in [0.25, 0.3) is 0 Å². The SMILES string of the molecule is CC/C=C/[C@H]1CC[C@@H](C(=O)O)CC1. The molecule has 1 rings (SSSR count). The highest BCUT2D eigenvalue weighted by atomic mass is 16.4. The number of carboxylic acid groups (broad SMARTS) is 1. The normalized spacial score (nSPS) is 29.3. The molecule has 0 amide bonds. The Hall–Kier alpha value is -0.790. The highest BCUT2D eigenvalue weighted by Crippen LogP contribution is 2.29. The van der Waals surface area contributed by atoms with E-state index in [1.165, 1.54) is 0 Å². The van der Waals surface area contributed by atoms with E-state index < -0.39 is 5.97 Å². The molecule has 1 aliphatic carbocycles. The molecule has 0 spiro atoms. The summed E-state index contributed by atoms with van der Waals surface area (Å²) in [5.41, 5.74) is 0. The van der Waals surface area contributed by atoms with Crippen molar-refractivity contribution in [2.24, 2.45) is 11.8 Å². The van der Waals surface area contributed by atoms with Gasteiger partial charge >= 0.3 is 5.97 Å². The van der Waals surface area contributed by atoms with E-state index in [4.69, 9.17) is 5.11 Å². The standard InChI is InChI=1S/C11H18O2/c1-2-3-4-9-5-7-10(8-6-9)11(12)13/h3-4,9-10H,2,5-8H2,1H3,(H,12,13)/b4-3+/t9-,10+. The van der Waals surface area contributed by atoms with Crippen LogP contribution in [0.2, 0.25) is 0 Å². The van der Waals surface area contributed by atoms with Crippen LogP contribution in [0, 0.1) is 11.8 Å². The molecule has 1 fully saturated rings. The van der Waals surface area contributed by atoms with Crippen LogP contribution in [0.1, 0.15) is 39.0 Å². The topological polar surface area (TPSA) is 37.3 Å². The van der Waals surface area contributed by atoms with E-state index in [9.17, 15) is 4.79 Å². The molecule has 0 heterocycles. The Kier molecular flexibility index (Phi) is 4.00. The summed E-state index contributed by atoms with van der Waals surface area (Å²) in [6.45, 7) is 2.12. The van der Waals surface area contributed by atoms with Crippen molar-refractivity contribution in [3.05, 3.63) is 12.2 Å². The molecule has 0 radical (unpaired) electrons. The van der Waals surface area contributed by atoms with Crippen molar-refractivity contribution in [1.82, 2.24) is 0 Å². The molecule has 0 unspecified atom stereocenters. The molecule has 0 atom stereocenters. The van der Waals surface area contributed by atoms with Crippen LogP contribution in [-0.4, -0.2) is 11.1 Å². The zero-order valence-corrected chi connectivity index (χ0v) is 8.20. The summed E-state index contributed by atoms with van der Waals surface area (Å²) in [6.07, 6.45) is 9.33. The van der Waals surface area contributed by atoms with Crippen molar-refractivity contribution >= 4 is 5.97 Å². The summed E-state index contributed by atoms with van der Waals surface area (Å²) in [7, 11) is 0. The number of carboxylic acids is 1. The van der Waals surface area contributed by atoms with Gasteiger partial charge in [-0.05, 0) is 38.0 Å². The molecule has 2 nitrogen and oxygen atoms in total. The first-order valence-corrected chi connectivity index (χ1v) is 5.13. The van der Waals surface area contributed by atoms with E-state index in [0.717, 1.165) is 32.1 Å². The molecule has 1 aliphatic rings. The Bertz CT molecular complexity index is 188. The molecule has 74 valence electrons. The third-order valence-corrected chi connectivity index (χ3v) is 2.77. The van der Waals surface area contributed by atoms with Gasteiger partial charge in [0.1, 0.15) is 0 Å². The van der Waals surface area contributed by atoms with Crippen LogP contribution in [-0.2, 0) is 4.79 Å². The lowest BCUT2D eigenvalue weighted by atomic mass is 9.82. The van der Waals surface area contributed by atoms with Crippen molar-refractivity contribution in [3.63, 3.8) is 0 Å². The lowest BCUT2D eigenvalue weighted by Crippen LogP contribution is -2.20. The summed E-state index contributed by atoms with van der Waals surface area (Å²) in [6, 6.07) is 0. The molecule has 2 heteroatoms. The van der Waals surface area contributed by atoms with E-state index in [2.05, 4.69) is 19.1 Å². The second kappa shape index (κ2) is 5.05. The maximum atomic E-state index is 10.7. The number of carbonyl (C=O) groups is 1. The fraction of sp³-hybridized carbons (Fsp3) is 0.727. The number of rotatable bonds is 3. The summed E-state index contributed by atoms with van der Waals surface area (Å²) in [4.78, 5) is 10.7. The van der Waals surface area contributed by atoms with Gasteiger partial charge in [-0.15, -0.1) is 0 Å². The fourth-order valence-corrected chi connectivity index (χ4v) is 1.89. The largest absolute Gasteiger partial charge is 0.481 e. The third kappa shape index (κ3) is 3.21. The molecule has 0 bridgehead atoms. The van der Waals surface area contributed by atoms with E-state index in [-0.39, 0.29) is 5.92 Å². The predicted molar refractivity (Wildman–Crippen MR) is 52.5 cm³/mol. The molecule has 0 aliphatic heterocycles. The number of hydrogen-bond acceptors (Lipinski definition) is 1. The Balaban J connectivity index is 2.30. The third-order valence-electron chi connectivity index (χ3n) is 2.77. The van der Waals surface area contributed by atoms with Gasteiger partial charge in [0.15, 0.2) is 0 Å². The zero-order valence-electron chi connectivity index (χ0n) is 8.20. The minimum absolute atomic E-state index is 0.0775. The maximum absolute atomic E-state index is 10.7. The van der Waals surface area contributed by atoms with E-state index in [1.54, 1.807) is 0 Å². The first-order valence-electron chi connectivity index (χ1n) is 5.13. The minimum Gasteiger partial charge on any atom is -0.481 e. The highest BCUT2D eigenvalue weighted by Gasteiger charge is 2.24. The van der Waals surface area contributed by atoms with Gasteiger partial charge in [-0.2, -0.15) is 0 Å². The molecule has 0 saturated heterocycles. The molecule has 0 aromatic carbocycles. The van der Waals surface area contributed by atoms with Crippen LogP contribution in [0.4, 0.5) is 0 Å². The van der Waals surface area contributed by atoms with Gasteiger partial charge < -0.3 is 5.11 Å². The second-order valence-corrected chi connectivity index (χ2v) is 3.79. The number of hydrogen-bond donors (Lipinski definition) is 1. The van der Waals surface area contributed by atoms with E-state index >= 15 is 0 Å². The van der Waals surface area contributed by atoms with E-state index in [0.29, 0.717) is 5.92 Å². The molecular formula is C11H18O2. The van der Waals surface area contributed by atoms with Crippen LogP contribution in [0.15, 0.2) is 12.2 Å². The highest BCUT2D eigenvalue weighted by molar-refractivity contribution is 5.70. The molecule has 1 saturated carbocycles. The van der Waals surface area contributed by atoms with Crippen molar-refractivity contribution in [2.75, 3.05) is 0 Å². The first kappa shape index (κ1) is 10.3. The molecule has 13 heavy (non-hydrogen) atoms. The summed E-state index contributed by atoms with van der Waals surface area (Å²) >= 11 is 0. The Morgan fingerprint density at radius 2 is 2.00 bits per heavy atom. The fourth-order valence-electron chi connectivity index (χ4n) is 1.89. The predicted octanol–water partition coefficient (Wildman–Crippen LogP) is 2.84. The monoisotopic (exact) mass is 182 g/mol. The lowest BCUT2D eigenvalue weighted by Gasteiger charge is -2.23. The average molecular weight is 182 g/mol. The summed E-state index contributed by atoms with van der Waals surface area (Å²) < 4.78 is 0. The quantitative estimate of drug-likeness (QED) is 0.681. The van der Waals surface area contributed by atoms with Crippen LogP contribution >= 0.6 is 0 Å². The van der Waals surface area contributed by atoms with Gasteiger partial charge in [0.05, 0.1) is 5.92 Å². The lowest BCUT2D eigenvalue weighted by molar-refractivity contribution is -0.142. The average Bonchev–Trinajstić information content (AvgIpc) is 2.15. The van der Waals surface area contributed by atoms with Crippen molar-refractivity contribution in [1.29, 1.82) is 0 Å². The van der Waals surface area contributed by atoms with Gasteiger partial charge in [0.2, 0.25) is 0 Å². The van der Waals surface area contributed by atoms with Crippen LogP contribution < -0.4 is 0 Å². The molecule has 0 aromatic rings. The Labute approximate surface area is 79.6 Å². The summed E-state index contributed by atoms with van der Waals surface area (Å²) in [5.74, 6) is -0.0558. The van der Waals surface area contributed by atoms with Gasteiger partial charge in [-0.3, -0.25) is 4.79 Å². The van der Waals surface area contributed by atoms with Crippen LogP contribution in [0.3, 0.4) is 0 Å². The Morgan fingerprint density at radius 3 is 2.46 bits per heavy atom. The van der Waals surface area contributed by atoms with Gasteiger partial charge in [-0.25, -0.2) is 0 Å². The molecule has 1 N–H and O–H groups in total. The van der Waals surface area contributed by atoms with Gasteiger partial charge in [-0.1, -0.05) is 19.1 Å². The number of allylic oxidation sites excluding steroid dienone is 2. The summed E-state index contributed by atoms with van der Waals surface area (Å²) in [5, 5.41) is 8.78.